The van der Waals surface area contributed by atoms with Gasteiger partial charge in [0.15, 0.2) is 17.3 Å². The average molecular weight is 464 g/mol. The number of hydrogen-bond donors (Lipinski definition) is 1. The quantitative estimate of drug-likeness (QED) is 0.462. The van der Waals surface area contributed by atoms with Crippen molar-refractivity contribution < 1.29 is 28.5 Å². The topological polar surface area (TPSA) is 83.1 Å². The number of hydrogen-bond acceptors (Lipinski definition) is 7. The molecule has 0 bridgehead atoms. The first-order valence-corrected chi connectivity index (χ1v) is 11.3. The molecule has 4 rings (SSSR count). The van der Waals surface area contributed by atoms with Gasteiger partial charge in [0, 0.05) is 29.3 Å². The zero-order chi connectivity index (χ0) is 24.1. The Hall–Kier alpha value is -3.74. The second-order valence-electron chi connectivity index (χ2n) is 8.18. The summed E-state index contributed by atoms with van der Waals surface area (Å²) in [5, 5.41) is 3.30. The summed E-state index contributed by atoms with van der Waals surface area (Å²) in [6, 6.07) is 14.8. The minimum atomic E-state index is -0.550. The van der Waals surface area contributed by atoms with E-state index >= 15 is 0 Å². The van der Waals surface area contributed by atoms with Crippen molar-refractivity contribution in [1.29, 1.82) is 0 Å². The van der Waals surface area contributed by atoms with Crippen molar-refractivity contribution in [2.75, 3.05) is 27.4 Å². The van der Waals surface area contributed by atoms with Gasteiger partial charge in [0.25, 0.3) is 0 Å². The third kappa shape index (κ3) is 4.78. The number of carbonyl (C=O) groups is 2. The molecule has 1 aliphatic heterocycles. The smallest absolute Gasteiger partial charge is 0.336 e. The van der Waals surface area contributed by atoms with E-state index in [9.17, 15) is 9.59 Å². The Bertz CT molecular complexity index is 1140. The van der Waals surface area contributed by atoms with Crippen LogP contribution in [0.15, 0.2) is 71.1 Å². The van der Waals surface area contributed by atoms with Crippen molar-refractivity contribution in [1.82, 2.24) is 5.32 Å². The lowest BCUT2D eigenvalue weighted by Crippen LogP contribution is -2.34. The van der Waals surface area contributed by atoms with E-state index in [2.05, 4.69) is 5.32 Å². The van der Waals surface area contributed by atoms with E-state index in [4.69, 9.17) is 18.9 Å². The highest BCUT2D eigenvalue weighted by molar-refractivity contribution is 6.03. The third-order valence-electron chi connectivity index (χ3n) is 6.07. The van der Waals surface area contributed by atoms with Gasteiger partial charge in [-0.15, -0.1) is 0 Å². The predicted molar refractivity (Wildman–Crippen MR) is 127 cm³/mol. The predicted octanol–water partition coefficient (Wildman–Crippen LogP) is 4.29. The monoisotopic (exact) mass is 463 g/mol. The minimum Gasteiger partial charge on any atom is -0.493 e. The van der Waals surface area contributed by atoms with Crippen LogP contribution in [0.4, 0.5) is 0 Å². The highest BCUT2D eigenvalue weighted by Gasteiger charge is 2.39. The van der Waals surface area contributed by atoms with Gasteiger partial charge in [0.2, 0.25) is 0 Å². The number of carbonyl (C=O) groups excluding carboxylic acids is 2. The van der Waals surface area contributed by atoms with Gasteiger partial charge in [-0.3, -0.25) is 4.79 Å². The Morgan fingerprint density at radius 3 is 2.50 bits per heavy atom. The van der Waals surface area contributed by atoms with Gasteiger partial charge >= 0.3 is 5.97 Å². The van der Waals surface area contributed by atoms with E-state index in [-0.39, 0.29) is 19.0 Å². The lowest BCUT2D eigenvalue weighted by molar-refractivity contribution is -0.140. The number of allylic oxidation sites excluding steroid dienone is 3. The Balaban J connectivity index is 1.61. The third-order valence-corrected chi connectivity index (χ3v) is 6.07. The number of benzene rings is 2. The van der Waals surface area contributed by atoms with E-state index in [1.165, 1.54) is 0 Å². The van der Waals surface area contributed by atoms with Gasteiger partial charge in [-0.2, -0.15) is 0 Å². The largest absolute Gasteiger partial charge is 0.493 e. The maximum atomic E-state index is 13.3. The van der Waals surface area contributed by atoms with Crippen molar-refractivity contribution in [2.24, 2.45) is 0 Å². The summed E-state index contributed by atoms with van der Waals surface area (Å²) in [6.07, 6.45) is 2.00. The average Bonchev–Trinajstić information content (AvgIpc) is 2.86. The maximum absolute atomic E-state index is 13.3. The normalized spacial score (nSPS) is 17.6. The molecule has 0 spiro atoms. The molecule has 1 aliphatic carbocycles. The van der Waals surface area contributed by atoms with Crippen LogP contribution in [0.2, 0.25) is 0 Å². The fourth-order valence-corrected chi connectivity index (χ4v) is 4.51. The molecule has 7 heteroatoms. The summed E-state index contributed by atoms with van der Waals surface area (Å²) in [7, 11) is 3.13. The molecular weight excluding hydrogens is 434 g/mol. The maximum Gasteiger partial charge on any atom is 0.336 e. The van der Waals surface area contributed by atoms with Gasteiger partial charge in [-0.25, -0.2) is 4.79 Å². The molecule has 34 heavy (non-hydrogen) atoms. The zero-order valence-corrected chi connectivity index (χ0v) is 19.7. The van der Waals surface area contributed by atoms with E-state index in [0.29, 0.717) is 40.5 Å². The molecule has 7 nitrogen and oxygen atoms in total. The zero-order valence-electron chi connectivity index (χ0n) is 19.7. The number of para-hydroxylation sites is 1. The number of dihydropyridines is 1. The summed E-state index contributed by atoms with van der Waals surface area (Å²) in [5.41, 5.74) is 3.37. The molecule has 2 aliphatic rings. The van der Waals surface area contributed by atoms with Gasteiger partial charge in [-0.05, 0) is 49.6 Å². The van der Waals surface area contributed by atoms with E-state index < -0.39 is 11.9 Å². The lowest BCUT2D eigenvalue weighted by atomic mass is 9.75. The first-order valence-electron chi connectivity index (χ1n) is 11.3. The van der Waals surface area contributed by atoms with Crippen LogP contribution in [0.5, 0.6) is 17.2 Å². The molecule has 0 saturated heterocycles. The van der Waals surface area contributed by atoms with Crippen molar-refractivity contribution in [3.05, 3.63) is 76.6 Å². The van der Waals surface area contributed by atoms with Gasteiger partial charge in [0.05, 0.1) is 19.8 Å². The number of ether oxygens (including phenoxy) is 4. The molecule has 0 aromatic heterocycles. The molecule has 2 aromatic carbocycles. The second-order valence-corrected chi connectivity index (χ2v) is 8.18. The highest BCUT2D eigenvalue weighted by atomic mass is 16.6. The SMILES string of the molecule is COc1ccc(C2C(C(=O)OCCOc3ccccc3)=C(C)NC3=C2C(=O)CCC3)cc1OC. The van der Waals surface area contributed by atoms with E-state index in [1.54, 1.807) is 20.3 Å². The summed E-state index contributed by atoms with van der Waals surface area (Å²) in [6.45, 7) is 2.15. The molecule has 1 atom stereocenters. The Labute approximate surface area is 199 Å². The Morgan fingerprint density at radius 2 is 1.76 bits per heavy atom. The molecule has 1 N–H and O–H groups in total. The van der Waals surface area contributed by atoms with Crippen molar-refractivity contribution >= 4 is 11.8 Å². The summed E-state index contributed by atoms with van der Waals surface area (Å²) < 4.78 is 22.1. The van der Waals surface area contributed by atoms with Crippen molar-refractivity contribution in [2.45, 2.75) is 32.1 Å². The van der Waals surface area contributed by atoms with Crippen LogP contribution in [-0.2, 0) is 14.3 Å². The molecule has 0 radical (unpaired) electrons. The fraction of sp³-hybridized carbons (Fsp3) is 0.333. The van der Waals surface area contributed by atoms with Crippen LogP contribution in [-0.4, -0.2) is 39.2 Å². The molecule has 1 unspecified atom stereocenters. The molecule has 1 heterocycles. The van der Waals surface area contributed by atoms with Gasteiger partial charge in [0.1, 0.15) is 19.0 Å². The first-order chi connectivity index (χ1) is 16.5. The minimum absolute atomic E-state index is 0.0405. The van der Waals surface area contributed by atoms with Crippen LogP contribution >= 0.6 is 0 Å². The number of ketones is 1. The van der Waals surface area contributed by atoms with Crippen LogP contribution in [0, 0.1) is 0 Å². The number of rotatable bonds is 8. The lowest BCUT2D eigenvalue weighted by Gasteiger charge is -2.34. The summed E-state index contributed by atoms with van der Waals surface area (Å²) in [4.78, 5) is 26.3. The molecule has 0 saturated carbocycles. The standard InChI is InChI=1S/C27H29NO6/c1-17-24(27(30)34-15-14-33-19-8-5-4-6-9-19)25(26-20(28-17)10-7-11-21(26)29)18-12-13-22(31-2)23(16-18)32-3/h4-6,8-9,12-13,16,25,28H,7,10-11,14-15H2,1-3H3. The molecule has 0 amide bonds. The van der Waals surface area contributed by atoms with Crippen LogP contribution in [0.1, 0.15) is 37.7 Å². The Morgan fingerprint density at radius 1 is 1.00 bits per heavy atom. The highest BCUT2D eigenvalue weighted by Crippen LogP contribution is 2.44. The first kappa shape index (κ1) is 23.4. The number of methoxy groups -OCH3 is 2. The van der Waals surface area contributed by atoms with E-state index in [1.807, 2.05) is 49.4 Å². The van der Waals surface area contributed by atoms with Crippen molar-refractivity contribution in [3.8, 4) is 17.2 Å². The second kappa shape index (κ2) is 10.5. The van der Waals surface area contributed by atoms with Crippen LogP contribution < -0.4 is 19.5 Å². The summed E-state index contributed by atoms with van der Waals surface area (Å²) >= 11 is 0. The molecular formula is C27H29NO6. The number of nitrogens with one attached hydrogen (secondary N) is 1. The van der Waals surface area contributed by atoms with Gasteiger partial charge in [-0.1, -0.05) is 24.3 Å². The molecule has 2 aromatic rings. The molecule has 0 fully saturated rings. The number of Topliss-reactive ketones (excluding diaryl/α,β-unsaturated/α-hetero) is 1. The molecule has 178 valence electrons. The number of esters is 1. The van der Waals surface area contributed by atoms with Crippen molar-refractivity contribution in [3.63, 3.8) is 0 Å². The van der Waals surface area contributed by atoms with Crippen LogP contribution in [0.3, 0.4) is 0 Å². The van der Waals surface area contributed by atoms with Crippen LogP contribution in [0.25, 0.3) is 0 Å². The fourth-order valence-electron chi connectivity index (χ4n) is 4.51. The van der Waals surface area contributed by atoms with E-state index in [0.717, 1.165) is 24.1 Å². The Kier molecular flexibility index (Phi) is 7.21. The van der Waals surface area contributed by atoms with Gasteiger partial charge < -0.3 is 24.3 Å². The summed E-state index contributed by atoms with van der Waals surface area (Å²) in [5.74, 6) is 0.827.